The van der Waals surface area contributed by atoms with E-state index in [1.165, 1.54) is 0 Å². The zero-order valence-corrected chi connectivity index (χ0v) is 9.11. The molecule has 1 saturated heterocycles. The van der Waals surface area contributed by atoms with Crippen LogP contribution in [0, 0.1) is 5.21 Å². The summed E-state index contributed by atoms with van der Waals surface area (Å²) in [6.45, 7) is 2.69. The number of hydrogen-bond donors (Lipinski definition) is 1. The monoisotopic (exact) mass is 210 g/mol. The van der Waals surface area contributed by atoms with Crippen molar-refractivity contribution in [3.05, 3.63) is 29.5 Å². The lowest BCUT2D eigenvalue weighted by atomic mass is 10.0. The molecule has 0 saturated carbocycles. The zero-order chi connectivity index (χ0) is 10.8. The third-order valence-electron chi connectivity index (χ3n) is 3.36. The van der Waals surface area contributed by atoms with Gasteiger partial charge in [-0.3, -0.25) is 0 Å². The Morgan fingerprint density at radius 2 is 2.07 bits per heavy atom. The Bertz CT molecular complexity index is 282. The van der Waals surface area contributed by atoms with Gasteiger partial charge in [-0.15, -0.1) is 0 Å². The molecule has 1 aliphatic heterocycles. The van der Waals surface area contributed by atoms with E-state index >= 15 is 0 Å². The van der Waals surface area contributed by atoms with Gasteiger partial charge in [0.05, 0.1) is 19.5 Å². The summed E-state index contributed by atoms with van der Waals surface area (Å²) in [5.74, 6) is 0. The van der Waals surface area contributed by atoms with Gasteiger partial charge in [-0.2, -0.15) is 0 Å². The Morgan fingerprint density at radius 1 is 1.33 bits per heavy atom. The van der Waals surface area contributed by atoms with Crippen LogP contribution in [0.25, 0.3) is 0 Å². The highest BCUT2D eigenvalue weighted by atomic mass is 16.6. The molecule has 84 valence electrons. The molecule has 0 radical (unpaired) electrons. The molecule has 0 aromatic heterocycles. The van der Waals surface area contributed by atoms with Gasteiger partial charge in [0.25, 0.3) is 0 Å². The van der Waals surface area contributed by atoms with E-state index in [9.17, 15) is 5.21 Å². The number of piperazine rings is 1. The molecule has 1 atom stereocenters. The Kier molecular flexibility index (Phi) is 2.93. The predicted molar refractivity (Wildman–Crippen MR) is 58.9 cm³/mol. The standard InChI is InChI=1S/C11H18N2O2/c1-15-11(5-3-2-4-6-11)13(14)9-7-12-8-10-13/h2-5,12H,6-10H2,1H3. The number of quaternary nitrogens is 1. The molecule has 1 aliphatic carbocycles. The van der Waals surface area contributed by atoms with Gasteiger partial charge < -0.3 is 19.9 Å². The van der Waals surface area contributed by atoms with Gasteiger partial charge in [0.15, 0.2) is 0 Å². The van der Waals surface area contributed by atoms with E-state index in [0.717, 1.165) is 13.1 Å². The second kappa shape index (κ2) is 4.06. The average Bonchev–Trinajstić information content (AvgIpc) is 2.31. The lowest BCUT2D eigenvalue weighted by Gasteiger charge is -2.56. The SMILES string of the molecule is COC1([N+]2([O-])CCNCC2)C=CC=CC1. The van der Waals surface area contributed by atoms with E-state index in [-0.39, 0.29) is 4.65 Å². The van der Waals surface area contributed by atoms with Crippen molar-refractivity contribution in [3.8, 4) is 0 Å². The van der Waals surface area contributed by atoms with Crippen molar-refractivity contribution in [1.29, 1.82) is 0 Å². The van der Waals surface area contributed by atoms with Crippen LogP contribution in [0.2, 0.25) is 0 Å². The van der Waals surface area contributed by atoms with E-state index in [1.54, 1.807) is 7.11 Å². The quantitative estimate of drug-likeness (QED) is 0.540. The average molecular weight is 210 g/mol. The van der Waals surface area contributed by atoms with Crippen LogP contribution in [-0.2, 0) is 4.74 Å². The smallest absolute Gasteiger partial charge is 0.226 e. The molecule has 2 rings (SSSR count). The summed E-state index contributed by atoms with van der Waals surface area (Å²) >= 11 is 0. The van der Waals surface area contributed by atoms with Gasteiger partial charge in [0.1, 0.15) is 0 Å². The largest absolute Gasteiger partial charge is 0.630 e. The number of allylic oxidation sites excluding steroid dienone is 2. The second-order valence-electron chi connectivity index (χ2n) is 4.13. The van der Waals surface area contributed by atoms with Crippen LogP contribution >= 0.6 is 0 Å². The molecule has 4 nitrogen and oxygen atoms in total. The summed E-state index contributed by atoms with van der Waals surface area (Å²) in [6, 6.07) is 0. The molecule has 1 N–H and O–H groups in total. The first-order valence-electron chi connectivity index (χ1n) is 5.41. The Balaban J connectivity index is 2.24. The zero-order valence-electron chi connectivity index (χ0n) is 9.11. The minimum Gasteiger partial charge on any atom is -0.630 e. The molecule has 0 bridgehead atoms. The first-order valence-corrected chi connectivity index (χ1v) is 5.41. The van der Waals surface area contributed by atoms with Crippen molar-refractivity contribution in [2.75, 3.05) is 33.3 Å². The highest BCUT2D eigenvalue weighted by Gasteiger charge is 2.44. The summed E-state index contributed by atoms with van der Waals surface area (Å²) in [4.78, 5) is 0. The van der Waals surface area contributed by atoms with Crippen LogP contribution in [0.15, 0.2) is 24.3 Å². The number of methoxy groups -OCH3 is 1. The molecule has 1 heterocycles. The number of rotatable bonds is 2. The highest BCUT2D eigenvalue weighted by molar-refractivity contribution is 5.15. The van der Waals surface area contributed by atoms with E-state index in [1.807, 2.05) is 24.3 Å². The molecule has 0 aromatic carbocycles. The summed E-state index contributed by atoms with van der Waals surface area (Å²) < 4.78 is 5.25. The van der Waals surface area contributed by atoms with Crippen LogP contribution in [0.1, 0.15) is 6.42 Å². The number of hydroxylamine groups is 3. The van der Waals surface area contributed by atoms with Crippen LogP contribution in [0.5, 0.6) is 0 Å². The maximum atomic E-state index is 12.7. The Morgan fingerprint density at radius 3 is 2.60 bits per heavy atom. The van der Waals surface area contributed by atoms with Gasteiger partial charge in [-0.25, -0.2) is 0 Å². The van der Waals surface area contributed by atoms with Crippen LogP contribution in [0.3, 0.4) is 0 Å². The molecular weight excluding hydrogens is 192 g/mol. The maximum Gasteiger partial charge on any atom is 0.226 e. The molecular formula is C11H18N2O2. The van der Waals surface area contributed by atoms with Crippen molar-refractivity contribution >= 4 is 0 Å². The molecule has 2 aliphatic rings. The van der Waals surface area contributed by atoms with Gasteiger partial charge in [-0.1, -0.05) is 18.2 Å². The van der Waals surface area contributed by atoms with Crippen molar-refractivity contribution in [2.24, 2.45) is 0 Å². The number of nitrogens with one attached hydrogen (secondary N) is 1. The molecule has 0 spiro atoms. The number of hydrogen-bond acceptors (Lipinski definition) is 3. The molecule has 0 amide bonds. The number of ether oxygens (including phenoxy) is 1. The van der Waals surface area contributed by atoms with E-state index in [4.69, 9.17) is 4.74 Å². The van der Waals surface area contributed by atoms with Crippen LogP contribution in [-0.4, -0.2) is 43.7 Å². The fourth-order valence-corrected chi connectivity index (χ4v) is 2.34. The van der Waals surface area contributed by atoms with E-state index in [2.05, 4.69) is 5.32 Å². The van der Waals surface area contributed by atoms with Crippen molar-refractivity contribution in [3.63, 3.8) is 0 Å². The molecule has 1 fully saturated rings. The lowest BCUT2D eigenvalue weighted by Crippen LogP contribution is -2.67. The summed E-state index contributed by atoms with van der Waals surface area (Å²) in [5, 5.41) is 15.9. The van der Waals surface area contributed by atoms with Gasteiger partial charge >= 0.3 is 0 Å². The number of nitrogens with zero attached hydrogens (tertiary/aromatic N) is 1. The minimum atomic E-state index is -0.698. The molecule has 15 heavy (non-hydrogen) atoms. The van der Waals surface area contributed by atoms with Gasteiger partial charge in [0, 0.05) is 26.3 Å². The van der Waals surface area contributed by atoms with E-state index < -0.39 is 5.72 Å². The highest BCUT2D eigenvalue weighted by Crippen LogP contribution is 2.33. The third kappa shape index (κ3) is 1.74. The van der Waals surface area contributed by atoms with Gasteiger partial charge in [0.2, 0.25) is 5.72 Å². The molecule has 0 aromatic rings. The fourth-order valence-electron chi connectivity index (χ4n) is 2.34. The topological polar surface area (TPSA) is 44.3 Å². The van der Waals surface area contributed by atoms with Crippen molar-refractivity contribution < 1.29 is 9.38 Å². The lowest BCUT2D eigenvalue weighted by molar-refractivity contribution is -0.950. The van der Waals surface area contributed by atoms with Crippen molar-refractivity contribution in [1.82, 2.24) is 5.32 Å². The fraction of sp³-hybridized carbons (Fsp3) is 0.636. The third-order valence-corrected chi connectivity index (χ3v) is 3.36. The van der Waals surface area contributed by atoms with Gasteiger partial charge in [-0.05, 0) is 0 Å². The Hall–Kier alpha value is -0.680. The molecule has 1 unspecified atom stereocenters. The minimum absolute atomic E-state index is 0.267. The Labute approximate surface area is 90.4 Å². The van der Waals surface area contributed by atoms with Crippen LogP contribution < -0.4 is 5.32 Å². The first-order chi connectivity index (χ1) is 7.22. The normalized spacial score (nSPS) is 34.3. The summed E-state index contributed by atoms with van der Waals surface area (Å²) in [5.41, 5.74) is -0.698. The predicted octanol–water partition coefficient (Wildman–Crippen LogP) is 0.763. The summed E-state index contributed by atoms with van der Waals surface area (Å²) in [7, 11) is 1.63. The first kappa shape index (κ1) is 10.8. The van der Waals surface area contributed by atoms with Crippen molar-refractivity contribution in [2.45, 2.75) is 12.1 Å². The van der Waals surface area contributed by atoms with Crippen LogP contribution in [0.4, 0.5) is 0 Å². The maximum absolute atomic E-state index is 12.7. The second-order valence-corrected chi connectivity index (χ2v) is 4.13. The molecule has 4 heteroatoms. The summed E-state index contributed by atoms with van der Waals surface area (Å²) in [6.07, 6.45) is 8.46. The van der Waals surface area contributed by atoms with E-state index in [0.29, 0.717) is 19.5 Å².